The van der Waals surface area contributed by atoms with Crippen LogP contribution in [0.25, 0.3) is 0 Å². The Labute approximate surface area is 214 Å². The number of hydrogen-bond donors (Lipinski definition) is 0. The molecule has 36 heavy (non-hydrogen) atoms. The molecule has 192 valence electrons. The van der Waals surface area contributed by atoms with Crippen molar-refractivity contribution in [2.45, 2.75) is 44.8 Å². The molecule has 0 bridgehead atoms. The van der Waals surface area contributed by atoms with Gasteiger partial charge in [-0.05, 0) is 54.5 Å². The number of carbonyl (C=O) groups is 2. The van der Waals surface area contributed by atoms with E-state index < -0.39 is 0 Å². The Morgan fingerprint density at radius 2 is 1.78 bits per heavy atom. The minimum atomic E-state index is -0.271. The zero-order valence-corrected chi connectivity index (χ0v) is 21.4. The molecule has 1 unspecified atom stereocenters. The molecule has 2 saturated heterocycles. The molecule has 7 nitrogen and oxygen atoms in total. The van der Waals surface area contributed by atoms with Crippen molar-refractivity contribution in [2.24, 2.45) is 0 Å². The van der Waals surface area contributed by atoms with E-state index in [0.29, 0.717) is 18.9 Å². The van der Waals surface area contributed by atoms with Crippen LogP contribution in [0.5, 0.6) is 0 Å². The van der Waals surface area contributed by atoms with Gasteiger partial charge in [0.2, 0.25) is 5.91 Å². The first-order chi connectivity index (χ1) is 17.6. The minimum Gasteiger partial charge on any atom is -0.445 e. The Morgan fingerprint density at radius 1 is 0.972 bits per heavy atom. The number of rotatable bonds is 7. The molecular weight excluding hydrogens is 452 g/mol. The maximum absolute atomic E-state index is 12.9. The highest BCUT2D eigenvalue weighted by Crippen LogP contribution is 2.36. The Hall–Kier alpha value is -3.06. The topological polar surface area (TPSA) is 56.3 Å². The summed E-state index contributed by atoms with van der Waals surface area (Å²) in [5, 5.41) is 0. The summed E-state index contributed by atoms with van der Waals surface area (Å²) in [4.78, 5) is 33.5. The number of amides is 2. The number of ether oxygens (including phenoxy) is 1. The van der Waals surface area contributed by atoms with Crippen LogP contribution in [0.15, 0.2) is 48.5 Å². The lowest BCUT2D eigenvalue weighted by Crippen LogP contribution is -2.48. The van der Waals surface area contributed by atoms with E-state index in [1.54, 1.807) is 4.90 Å². The minimum absolute atomic E-state index is 0.0382. The second kappa shape index (κ2) is 11.3. The van der Waals surface area contributed by atoms with Gasteiger partial charge in [0.25, 0.3) is 0 Å². The summed E-state index contributed by atoms with van der Waals surface area (Å²) in [5.74, 6) is 0.311. The van der Waals surface area contributed by atoms with E-state index in [4.69, 9.17) is 4.74 Å². The Bertz CT molecular complexity index is 1050. The van der Waals surface area contributed by atoms with E-state index in [-0.39, 0.29) is 12.1 Å². The van der Waals surface area contributed by atoms with Gasteiger partial charge in [-0.3, -0.25) is 9.69 Å². The van der Waals surface area contributed by atoms with E-state index in [9.17, 15) is 9.59 Å². The molecule has 0 N–H and O–H groups in total. The smallest absolute Gasteiger partial charge is 0.410 e. The number of carbonyl (C=O) groups excluding carboxylic acids is 2. The number of hydrogen-bond acceptors (Lipinski definition) is 5. The van der Waals surface area contributed by atoms with Crippen LogP contribution >= 0.6 is 0 Å². The van der Waals surface area contributed by atoms with Crippen molar-refractivity contribution in [1.82, 2.24) is 14.7 Å². The standard InChI is InChI=1S/C29H38N4O3/c1-30(29(35)36-22-23-7-3-2-4-8-23)27-10-5-9-24-12-13-25(21-26(24)27)32-18-15-31(16-19-32)17-20-33-14-6-11-28(33)34/h2-4,7-8,12-13,21,27H,5-6,9-11,14-20,22H2,1H3. The SMILES string of the molecule is CN(C(=O)OCc1ccccc1)C1CCCc2ccc(N3CCN(CCN4CCCC4=O)CC3)cc21. The Kier molecular flexibility index (Phi) is 7.75. The van der Waals surface area contributed by atoms with Crippen LogP contribution in [0.1, 0.15) is 48.4 Å². The predicted molar refractivity (Wildman–Crippen MR) is 141 cm³/mol. The summed E-state index contributed by atoms with van der Waals surface area (Å²) in [6, 6.07) is 16.7. The summed E-state index contributed by atoms with van der Waals surface area (Å²) in [7, 11) is 1.86. The van der Waals surface area contributed by atoms with Crippen molar-refractivity contribution < 1.29 is 14.3 Å². The van der Waals surface area contributed by atoms with Gasteiger partial charge in [0.15, 0.2) is 0 Å². The number of fused-ring (bicyclic) bond motifs is 1. The largest absolute Gasteiger partial charge is 0.445 e. The molecule has 0 aromatic heterocycles. The summed E-state index contributed by atoms with van der Waals surface area (Å²) >= 11 is 0. The third kappa shape index (κ3) is 5.67. The van der Waals surface area contributed by atoms with Crippen LogP contribution in [-0.2, 0) is 22.6 Å². The first kappa shape index (κ1) is 24.6. The van der Waals surface area contributed by atoms with Crippen molar-refractivity contribution in [3.8, 4) is 0 Å². The number of piperazine rings is 1. The van der Waals surface area contributed by atoms with Gasteiger partial charge < -0.3 is 19.4 Å². The molecule has 2 heterocycles. The third-order valence-electron chi connectivity index (χ3n) is 7.97. The zero-order valence-electron chi connectivity index (χ0n) is 21.4. The molecule has 2 amide bonds. The average molecular weight is 491 g/mol. The van der Waals surface area contributed by atoms with E-state index >= 15 is 0 Å². The monoisotopic (exact) mass is 490 g/mol. The fraction of sp³-hybridized carbons (Fsp3) is 0.517. The van der Waals surface area contributed by atoms with E-state index in [1.807, 2.05) is 42.3 Å². The van der Waals surface area contributed by atoms with Crippen molar-refractivity contribution in [1.29, 1.82) is 0 Å². The van der Waals surface area contributed by atoms with Gasteiger partial charge >= 0.3 is 6.09 Å². The number of anilines is 1. The zero-order chi connectivity index (χ0) is 24.9. The van der Waals surface area contributed by atoms with Gasteiger partial charge in [-0.25, -0.2) is 4.79 Å². The molecular formula is C29H38N4O3. The van der Waals surface area contributed by atoms with E-state index in [1.165, 1.54) is 16.8 Å². The number of likely N-dealkylation sites (tertiary alicyclic amines) is 1. The molecule has 0 saturated carbocycles. The number of benzene rings is 2. The first-order valence-electron chi connectivity index (χ1n) is 13.4. The summed E-state index contributed by atoms with van der Waals surface area (Å²) in [5.41, 5.74) is 4.83. The van der Waals surface area contributed by atoms with E-state index in [0.717, 1.165) is 77.1 Å². The summed E-state index contributed by atoms with van der Waals surface area (Å²) in [6.07, 6.45) is 4.54. The van der Waals surface area contributed by atoms with Crippen LogP contribution in [0.3, 0.4) is 0 Å². The fourth-order valence-corrected chi connectivity index (χ4v) is 5.74. The lowest BCUT2D eigenvalue weighted by molar-refractivity contribution is -0.127. The second-order valence-electron chi connectivity index (χ2n) is 10.3. The fourth-order valence-electron chi connectivity index (χ4n) is 5.74. The molecule has 0 spiro atoms. The van der Waals surface area contributed by atoms with Crippen LogP contribution in [-0.4, -0.2) is 79.6 Å². The Morgan fingerprint density at radius 3 is 2.53 bits per heavy atom. The second-order valence-corrected chi connectivity index (χ2v) is 10.3. The molecule has 7 heteroatoms. The van der Waals surface area contributed by atoms with Crippen molar-refractivity contribution in [3.63, 3.8) is 0 Å². The van der Waals surface area contributed by atoms with Gasteiger partial charge in [-0.2, -0.15) is 0 Å². The first-order valence-corrected chi connectivity index (χ1v) is 13.4. The molecule has 2 aromatic rings. The molecule has 0 radical (unpaired) electrons. The van der Waals surface area contributed by atoms with Crippen molar-refractivity contribution in [2.75, 3.05) is 57.8 Å². The van der Waals surface area contributed by atoms with Crippen LogP contribution in [0.4, 0.5) is 10.5 Å². The van der Waals surface area contributed by atoms with Gasteiger partial charge in [0.05, 0.1) is 6.04 Å². The maximum atomic E-state index is 12.9. The highest BCUT2D eigenvalue weighted by molar-refractivity contribution is 5.78. The van der Waals surface area contributed by atoms with Crippen LogP contribution < -0.4 is 4.90 Å². The van der Waals surface area contributed by atoms with Gasteiger partial charge in [0.1, 0.15) is 6.61 Å². The van der Waals surface area contributed by atoms with Gasteiger partial charge in [0, 0.05) is 65.0 Å². The van der Waals surface area contributed by atoms with Gasteiger partial charge in [-0.1, -0.05) is 36.4 Å². The highest BCUT2D eigenvalue weighted by Gasteiger charge is 2.29. The van der Waals surface area contributed by atoms with Crippen molar-refractivity contribution >= 4 is 17.7 Å². The summed E-state index contributed by atoms with van der Waals surface area (Å²) in [6.45, 7) is 7.00. The lowest BCUT2D eigenvalue weighted by Gasteiger charge is -2.38. The molecule has 1 atom stereocenters. The molecule has 3 aliphatic rings. The van der Waals surface area contributed by atoms with Crippen molar-refractivity contribution in [3.05, 3.63) is 65.2 Å². The van der Waals surface area contributed by atoms with E-state index in [2.05, 4.69) is 28.0 Å². The van der Waals surface area contributed by atoms with Crippen LogP contribution in [0.2, 0.25) is 0 Å². The summed E-state index contributed by atoms with van der Waals surface area (Å²) < 4.78 is 5.63. The quantitative estimate of drug-likeness (QED) is 0.586. The molecule has 2 aromatic carbocycles. The van der Waals surface area contributed by atoms with Gasteiger partial charge in [-0.15, -0.1) is 0 Å². The average Bonchev–Trinajstić information content (AvgIpc) is 3.34. The highest BCUT2D eigenvalue weighted by atomic mass is 16.6. The predicted octanol–water partition coefficient (Wildman–Crippen LogP) is 4.08. The molecule has 5 rings (SSSR count). The normalized spacial score (nSPS) is 20.4. The number of nitrogens with zero attached hydrogens (tertiary/aromatic N) is 4. The number of aryl methyl sites for hydroxylation is 1. The van der Waals surface area contributed by atoms with Crippen LogP contribution in [0, 0.1) is 0 Å². The Balaban J connectivity index is 1.18. The third-order valence-corrected chi connectivity index (χ3v) is 7.97. The maximum Gasteiger partial charge on any atom is 0.410 e. The lowest BCUT2D eigenvalue weighted by atomic mass is 9.86. The molecule has 2 aliphatic heterocycles. The molecule has 2 fully saturated rings. The molecule has 1 aliphatic carbocycles.